The van der Waals surface area contributed by atoms with Crippen LogP contribution in [0.25, 0.3) is 11.3 Å². The van der Waals surface area contributed by atoms with Crippen LogP contribution in [0.2, 0.25) is 0 Å². The number of nitrogens with two attached hydrogens (primary N) is 1. The fourth-order valence-corrected chi connectivity index (χ4v) is 3.14. The Hall–Kier alpha value is -3.06. The highest BCUT2D eigenvalue weighted by molar-refractivity contribution is 5.83. The zero-order chi connectivity index (χ0) is 22.4. The molecule has 7 heteroatoms. The Morgan fingerprint density at radius 2 is 1.97 bits per heavy atom. The number of imidazole rings is 1. The maximum absolute atomic E-state index is 13.7. The number of benzene rings is 2. The first-order chi connectivity index (χ1) is 14.8. The number of aromatic nitrogens is 2. The highest BCUT2D eigenvalue weighted by Crippen LogP contribution is 2.28. The van der Waals surface area contributed by atoms with Crippen LogP contribution < -0.4 is 11.1 Å². The number of amides is 1. The number of nitrogens with zero attached hydrogens (tertiary/aromatic N) is 2. The van der Waals surface area contributed by atoms with Crippen LogP contribution in [0, 0.1) is 17.7 Å². The summed E-state index contributed by atoms with van der Waals surface area (Å²) in [5.74, 6) is -0.106. The third-order valence-electron chi connectivity index (χ3n) is 4.94. The highest BCUT2D eigenvalue weighted by atomic mass is 19.1. The average molecular weight is 426 g/mol. The van der Waals surface area contributed by atoms with Crippen molar-refractivity contribution in [3.05, 3.63) is 84.4 Å². The van der Waals surface area contributed by atoms with E-state index in [1.807, 2.05) is 41.1 Å². The third kappa shape index (κ3) is 5.98. The topological polar surface area (TPSA) is 72.9 Å². The summed E-state index contributed by atoms with van der Waals surface area (Å²) in [7, 11) is 0. The first kappa shape index (κ1) is 22.6. The van der Waals surface area contributed by atoms with Gasteiger partial charge in [-0.2, -0.15) is 0 Å². The number of alkyl halides is 1. The molecule has 0 bridgehead atoms. The number of rotatable bonds is 9. The molecule has 1 aromatic heterocycles. The lowest BCUT2D eigenvalue weighted by atomic mass is 9.87. The zero-order valence-corrected chi connectivity index (χ0v) is 17.7. The van der Waals surface area contributed by atoms with Crippen LogP contribution in [-0.4, -0.2) is 34.7 Å². The molecule has 3 aromatic rings. The molecule has 0 saturated carbocycles. The molecule has 0 spiro atoms. The van der Waals surface area contributed by atoms with Gasteiger partial charge in [0.25, 0.3) is 0 Å². The van der Waals surface area contributed by atoms with E-state index in [1.165, 1.54) is 12.1 Å². The van der Waals surface area contributed by atoms with Gasteiger partial charge in [0.15, 0.2) is 0 Å². The molecular formula is C24H27F2N4O. The van der Waals surface area contributed by atoms with Crippen LogP contribution in [0.15, 0.2) is 60.8 Å². The van der Waals surface area contributed by atoms with Crippen molar-refractivity contribution in [2.75, 3.05) is 13.1 Å². The molecule has 5 nitrogen and oxygen atoms in total. The van der Waals surface area contributed by atoms with Crippen LogP contribution in [0.1, 0.15) is 25.2 Å². The van der Waals surface area contributed by atoms with Crippen LogP contribution in [0.4, 0.5) is 8.78 Å². The van der Waals surface area contributed by atoms with Gasteiger partial charge >= 0.3 is 0 Å². The van der Waals surface area contributed by atoms with Crippen molar-refractivity contribution in [2.24, 2.45) is 11.1 Å². The quantitative estimate of drug-likeness (QED) is 0.549. The highest BCUT2D eigenvalue weighted by Gasteiger charge is 2.31. The number of halogens is 2. The normalized spacial score (nSPS) is 12.5. The van der Waals surface area contributed by atoms with E-state index in [0.717, 1.165) is 5.56 Å². The summed E-state index contributed by atoms with van der Waals surface area (Å²) in [4.78, 5) is 17.3. The standard InChI is InChI=1S/C24H27F2N4O/c1-24(2,23(31)28-14-20(26)13-27)12-22-29-21(18-9-6-10-19(25)11-18)16-30(22)15-17-7-4-3-5-8-17/h3-12,16,20H,13-15,27H2,1-2H3,(H,28,31)/t20-/m1/s1. The predicted molar refractivity (Wildman–Crippen MR) is 117 cm³/mol. The lowest BCUT2D eigenvalue weighted by molar-refractivity contribution is -0.127. The van der Waals surface area contributed by atoms with E-state index in [2.05, 4.69) is 10.3 Å². The summed E-state index contributed by atoms with van der Waals surface area (Å²) >= 11 is 0. The lowest BCUT2D eigenvalue weighted by Crippen LogP contribution is -2.42. The fourth-order valence-electron chi connectivity index (χ4n) is 3.14. The third-order valence-corrected chi connectivity index (χ3v) is 4.94. The van der Waals surface area contributed by atoms with Crippen LogP contribution >= 0.6 is 0 Å². The maximum atomic E-state index is 13.7. The molecule has 0 aliphatic rings. The fraction of sp³-hybridized carbons (Fsp3) is 0.292. The molecule has 0 unspecified atom stereocenters. The Labute approximate surface area is 181 Å². The number of nitrogens with one attached hydrogen (secondary N) is 1. The van der Waals surface area contributed by atoms with Crippen LogP contribution in [-0.2, 0) is 11.3 Å². The monoisotopic (exact) mass is 425 g/mol. The molecule has 31 heavy (non-hydrogen) atoms. The molecule has 1 radical (unpaired) electrons. The van der Waals surface area contributed by atoms with E-state index in [0.29, 0.717) is 23.6 Å². The van der Waals surface area contributed by atoms with E-state index in [1.54, 1.807) is 32.4 Å². The summed E-state index contributed by atoms with van der Waals surface area (Å²) in [5, 5.41) is 2.60. The summed E-state index contributed by atoms with van der Waals surface area (Å²) in [6, 6.07) is 16.1. The van der Waals surface area contributed by atoms with Crippen LogP contribution in [0.3, 0.4) is 0 Å². The summed E-state index contributed by atoms with van der Waals surface area (Å²) in [5.41, 5.74) is 6.64. The van der Waals surface area contributed by atoms with Gasteiger partial charge in [0.1, 0.15) is 17.8 Å². The van der Waals surface area contributed by atoms with Gasteiger partial charge < -0.3 is 15.6 Å². The summed E-state index contributed by atoms with van der Waals surface area (Å²) in [6.45, 7) is 3.72. The van der Waals surface area contributed by atoms with Crippen molar-refractivity contribution >= 4 is 5.91 Å². The van der Waals surface area contributed by atoms with Crippen molar-refractivity contribution < 1.29 is 13.6 Å². The van der Waals surface area contributed by atoms with Crippen molar-refractivity contribution in [3.8, 4) is 11.3 Å². The van der Waals surface area contributed by atoms with Gasteiger partial charge in [-0.05, 0) is 17.7 Å². The molecule has 163 valence electrons. The molecular weight excluding hydrogens is 398 g/mol. The molecule has 1 amide bonds. The zero-order valence-electron chi connectivity index (χ0n) is 17.7. The van der Waals surface area contributed by atoms with E-state index >= 15 is 0 Å². The van der Waals surface area contributed by atoms with Crippen LogP contribution in [0.5, 0.6) is 0 Å². The SMILES string of the molecule is CC(C)([CH]c1nc(-c2cccc(F)c2)cn1Cc1ccccc1)C(=O)NC[C@H](F)CN. The number of hydrogen-bond donors (Lipinski definition) is 2. The van der Waals surface area contributed by atoms with E-state index in [9.17, 15) is 13.6 Å². The van der Waals surface area contributed by atoms with Gasteiger partial charge in [0.2, 0.25) is 5.91 Å². The van der Waals surface area contributed by atoms with Crippen molar-refractivity contribution in [1.82, 2.24) is 14.9 Å². The van der Waals surface area contributed by atoms with Gasteiger partial charge in [-0.15, -0.1) is 0 Å². The minimum absolute atomic E-state index is 0.139. The minimum Gasteiger partial charge on any atom is -0.353 e. The molecule has 1 atom stereocenters. The van der Waals surface area contributed by atoms with E-state index < -0.39 is 11.6 Å². The minimum atomic E-state index is -1.29. The molecule has 0 aliphatic heterocycles. The molecule has 1 heterocycles. The molecule has 2 aromatic carbocycles. The Morgan fingerprint density at radius 3 is 2.65 bits per heavy atom. The second kappa shape index (κ2) is 9.83. The second-order valence-corrected chi connectivity index (χ2v) is 8.02. The Balaban J connectivity index is 1.88. The van der Waals surface area contributed by atoms with Gasteiger partial charge in [-0.3, -0.25) is 4.79 Å². The first-order valence-corrected chi connectivity index (χ1v) is 10.1. The number of carbonyl (C=O) groups is 1. The first-order valence-electron chi connectivity index (χ1n) is 10.1. The largest absolute Gasteiger partial charge is 0.353 e. The van der Waals surface area contributed by atoms with E-state index in [4.69, 9.17) is 5.73 Å². The van der Waals surface area contributed by atoms with Crippen molar-refractivity contribution in [3.63, 3.8) is 0 Å². The lowest BCUT2D eigenvalue weighted by Gasteiger charge is -2.23. The summed E-state index contributed by atoms with van der Waals surface area (Å²) < 4.78 is 29.1. The Morgan fingerprint density at radius 1 is 1.23 bits per heavy atom. The van der Waals surface area contributed by atoms with Crippen molar-refractivity contribution in [2.45, 2.75) is 26.6 Å². The van der Waals surface area contributed by atoms with Gasteiger partial charge in [0, 0.05) is 31.3 Å². The Kier molecular flexibility index (Phi) is 7.17. The van der Waals surface area contributed by atoms with Gasteiger partial charge in [-0.1, -0.05) is 56.3 Å². The van der Waals surface area contributed by atoms with Gasteiger partial charge in [0.05, 0.1) is 17.7 Å². The molecule has 0 fully saturated rings. The van der Waals surface area contributed by atoms with Gasteiger partial charge in [-0.25, -0.2) is 13.8 Å². The number of carbonyl (C=O) groups excluding carboxylic acids is 1. The second-order valence-electron chi connectivity index (χ2n) is 8.02. The average Bonchev–Trinajstić information content (AvgIpc) is 3.14. The molecule has 0 aliphatic carbocycles. The number of hydrogen-bond acceptors (Lipinski definition) is 3. The smallest absolute Gasteiger partial charge is 0.226 e. The van der Waals surface area contributed by atoms with E-state index in [-0.39, 0.29) is 24.8 Å². The predicted octanol–water partition coefficient (Wildman–Crippen LogP) is 3.73. The molecule has 3 rings (SSSR count). The summed E-state index contributed by atoms with van der Waals surface area (Å²) in [6.07, 6.45) is 2.29. The Bertz CT molecular complexity index is 1020. The molecule has 0 saturated heterocycles. The van der Waals surface area contributed by atoms with Crippen molar-refractivity contribution in [1.29, 1.82) is 0 Å². The maximum Gasteiger partial charge on any atom is 0.226 e. The molecule has 3 N–H and O–H groups in total.